The standard InChI is InChI=1S/C16H25N7O3/c1-20-11-19-14-13(20)15(25)23(16(26)21(14)2)10-12(24)18-4-3-7-22-8-5-17-6-9-22/h11,17H,3-10H2,1-2H3,(H,18,24). The smallest absolute Gasteiger partial charge is 0.332 e. The van der Waals surface area contributed by atoms with Gasteiger partial charge in [0.25, 0.3) is 5.56 Å². The molecular formula is C16H25N7O3. The summed E-state index contributed by atoms with van der Waals surface area (Å²) in [7, 11) is 3.22. The van der Waals surface area contributed by atoms with E-state index in [1.807, 2.05) is 0 Å². The molecule has 2 aromatic rings. The van der Waals surface area contributed by atoms with Gasteiger partial charge in [-0.3, -0.25) is 14.2 Å². The van der Waals surface area contributed by atoms with E-state index < -0.39 is 11.2 Å². The van der Waals surface area contributed by atoms with Crippen molar-refractivity contribution < 1.29 is 4.79 Å². The monoisotopic (exact) mass is 363 g/mol. The lowest BCUT2D eigenvalue weighted by atomic mass is 10.3. The van der Waals surface area contributed by atoms with Crippen LogP contribution < -0.4 is 21.9 Å². The van der Waals surface area contributed by atoms with E-state index in [0.717, 1.165) is 43.7 Å². The number of amides is 1. The largest absolute Gasteiger partial charge is 0.354 e. The van der Waals surface area contributed by atoms with Crippen LogP contribution in [0, 0.1) is 0 Å². The predicted molar refractivity (Wildman–Crippen MR) is 97.2 cm³/mol. The van der Waals surface area contributed by atoms with Crippen LogP contribution in [0.2, 0.25) is 0 Å². The van der Waals surface area contributed by atoms with Crippen LogP contribution in [0.15, 0.2) is 15.9 Å². The molecule has 0 aliphatic carbocycles. The van der Waals surface area contributed by atoms with Crippen LogP contribution in [0.1, 0.15) is 6.42 Å². The highest BCUT2D eigenvalue weighted by Crippen LogP contribution is 2.02. The van der Waals surface area contributed by atoms with E-state index in [9.17, 15) is 14.4 Å². The van der Waals surface area contributed by atoms with Gasteiger partial charge in [-0.15, -0.1) is 0 Å². The van der Waals surface area contributed by atoms with Gasteiger partial charge in [0.15, 0.2) is 11.2 Å². The molecule has 10 nitrogen and oxygen atoms in total. The lowest BCUT2D eigenvalue weighted by Gasteiger charge is -2.27. The van der Waals surface area contributed by atoms with Gasteiger partial charge >= 0.3 is 5.69 Å². The molecule has 1 aliphatic rings. The molecule has 0 saturated carbocycles. The normalized spacial score (nSPS) is 15.5. The molecule has 0 spiro atoms. The average Bonchev–Trinajstić information content (AvgIpc) is 3.03. The number of nitrogens with zero attached hydrogens (tertiary/aromatic N) is 5. The summed E-state index contributed by atoms with van der Waals surface area (Å²) in [5, 5.41) is 6.09. The van der Waals surface area contributed by atoms with Crippen molar-refractivity contribution in [3.63, 3.8) is 0 Å². The topological polar surface area (TPSA) is 106 Å². The number of rotatable bonds is 6. The van der Waals surface area contributed by atoms with Gasteiger partial charge in [0.05, 0.1) is 6.33 Å². The maximum Gasteiger partial charge on any atom is 0.332 e. The third kappa shape index (κ3) is 3.70. The van der Waals surface area contributed by atoms with Gasteiger partial charge in [-0.25, -0.2) is 14.3 Å². The highest BCUT2D eigenvalue weighted by atomic mass is 16.2. The minimum absolute atomic E-state index is 0.291. The molecule has 0 bridgehead atoms. The first-order chi connectivity index (χ1) is 12.5. The number of imidazole rings is 1. The zero-order valence-electron chi connectivity index (χ0n) is 15.2. The van der Waals surface area contributed by atoms with Crippen molar-refractivity contribution in [1.82, 2.24) is 34.2 Å². The van der Waals surface area contributed by atoms with Crippen molar-refractivity contribution in [2.24, 2.45) is 14.1 Å². The van der Waals surface area contributed by atoms with Crippen molar-refractivity contribution in [3.05, 3.63) is 27.2 Å². The van der Waals surface area contributed by atoms with Crippen molar-refractivity contribution >= 4 is 17.1 Å². The molecular weight excluding hydrogens is 338 g/mol. The Morgan fingerprint density at radius 1 is 1.27 bits per heavy atom. The Balaban J connectivity index is 1.61. The molecule has 142 valence electrons. The van der Waals surface area contributed by atoms with Crippen molar-refractivity contribution in [1.29, 1.82) is 0 Å². The van der Waals surface area contributed by atoms with Gasteiger partial charge < -0.3 is 20.1 Å². The summed E-state index contributed by atoms with van der Waals surface area (Å²) in [4.78, 5) is 43.5. The number of piperazine rings is 1. The number of hydrogen-bond acceptors (Lipinski definition) is 6. The maximum atomic E-state index is 12.6. The quantitative estimate of drug-likeness (QED) is 0.567. The molecule has 1 fully saturated rings. The summed E-state index contributed by atoms with van der Waals surface area (Å²) in [6, 6.07) is 0. The first-order valence-electron chi connectivity index (χ1n) is 8.79. The number of carbonyl (C=O) groups is 1. The zero-order chi connectivity index (χ0) is 18.7. The lowest BCUT2D eigenvalue weighted by Crippen LogP contribution is -2.45. The van der Waals surface area contributed by atoms with E-state index in [0.29, 0.717) is 17.7 Å². The molecule has 26 heavy (non-hydrogen) atoms. The Morgan fingerprint density at radius 3 is 2.73 bits per heavy atom. The number of nitrogens with one attached hydrogen (secondary N) is 2. The van der Waals surface area contributed by atoms with Gasteiger partial charge in [0.1, 0.15) is 6.54 Å². The second-order valence-electron chi connectivity index (χ2n) is 6.56. The number of aryl methyl sites for hydroxylation is 2. The molecule has 10 heteroatoms. The highest BCUT2D eigenvalue weighted by molar-refractivity contribution is 5.76. The first-order valence-corrected chi connectivity index (χ1v) is 8.79. The van der Waals surface area contributed by atoms with Gasteiger partial charge in [0, 0.05) is 46.8 Å². The van der Waals surface area contributed by atoms with Crippen LogP contribution in [0.25, 0.3) is 11.2 Å². The van der Waals surface area contributed by atoms with Crippen molar-refractivity contribution in [3.8, 4) is 0 Å². The third-order valence-corrected chi connectivity index (χ3v) is 4.69. The Morgan fingerprint density at radius 2 is 2.00 bits per heavy atom. The predicted octanol–water partition coefficient (Wildman–Crippen LogP) is -2.15. The van der Waals surface area contributed by atoms with Crippen LogP contribution in [-0.4, -0.2) is 68.8 Å². The first kappa shape index (κ1) is 18.3. The molecule has 3 rings (SSSR count). The van der Waals surface area contributed by atoms with Crippen LogP contribution in [0.5, 0.6) is 0 Å². The fourth-order valence-electron chi connectivity index (χ4n) is 3.20. The van der Waals surface area contributed by atoms with E-state index in [1.165, 1.54) is 10.9 Å². The fraction of sp³-hybridized carbons (Fsp3) is 0.625. The van der Waals surface area contributed by atoms with Crippen molar-refractivity contribution in [2.75, 3.05) is 39.3 Å². The summed E-state index contributed by atoms with van der Waals surface area (Å²) in [6.45, 7) is 5.18. The Kier molecular flexibility index (Phi) is 5.52. The molecule has 1 aliphatic heterocycles. The minimum atomic E-state index is -0.544. The Hall–Kier alpha value is -2.46. The summed E-state index contributed by atoms with van der Waals surface area (Å²) in [5.41, 5.74) is -0.426. The van der Waals surface area contributed by atoms with E-state index >= 15 is 0 Å². The second-order valence-corrected chi connectivity index (χ2v) is 6.56. The van der Waals surface area contributed by atoms with E-state index in [4.69, 9.17) is 0 Å². The lowest BCUT2D eigenvalue weighted by molar-refractivity contribution is -0.121. The third-order valence-electron chi connectivity index (χ3n) is 4.69. The summed E-state index contributed by atoms with van der Waals surface area (Å²) < 4.78 is 3.79. The number of carbonyl (C=O) groups excluding carboxylic acids is 1. The SMILES string of the molecule is Cn1cnc2c1c(=O)n(CC(=O)NCCCN1CCNCC1)c(=O)n2C. The summed E-state index contributed by atoms with van der Waals surface area (Å²) in [6.07, 6.45) is 2.31. The molecule has 1 saturated heterocycles. The second kappa shape index (κ2) is 7.83. The number of fused-ring (bicyclic) bond motifs is 1. The molecule has 1 amide bonds. The highest BCUT2D eigenvalue weighted by Gasteiger charge is 2.17. The molecule has 0 radical (unpaired) electrons. The number of aromatic nitrogens is 4. The van der Waals surface area contributed by atoms with E-state index in [-0.39, 0.29) is 12.5 Å². The average molecular weight is 363 g/mol. The van der Waals surface area contributed by atoms with E-state index in [2.05, 4.69) is 20.5 Å². The van der Waals surface area contributed by atoms with Gasteiger partial charge in [-0.2, -0.15) is 0 Å². The van der Waals surface area contributed by atoms with Crippen LogP contribution >= 0.6 is 0 Å². The summed E-state index contributed by atoms with van der Waals surface area (Å²) in [5.74, 6) is -0.342. The van der Waals surface area contributed by atoms with Crippen LogP contribution in [-0.2, 0) is 25.4 Å². The van der Waals surface area contributed by atoms with Gasteiger partial charge in [-0.05, 0) is 13.0 Å². The minimum Gasteiger partial charge on any atom is -0.354 e. The van der Waals surface area contributed by atoms with Crippen molar-refractivity contribution in [2.45, 2.75) is 13.0 Å². The summed E-state index contributed by atoms with van der Waals surface area (Å²) >= 11 is 0. The Bertz CT molecular complexity index is 905. The zero-order valence-corrected chi connectivity index (χ0v) is 15.2. The fourth-order valence-corrected chi connectivity index (χ4v) is 3.20. The number of hydrogen-bond donors (Lipinski definition) is 2. The van der Waals surface area contributed by atoms with Crippen LogP contribution in [0.3, 0.4) is 0 Å². The molecule has 0 unspecified atom stereocenters. The molecule has 2 N–H and O–H groups in total. The van der Waals surface area contributed by atoms with Gasteiger partial charge in [0.2, 0.25) is 5.91 Å². The van der Waals surface area contributed by atoms with E-state index in [1.54, 1.807) is 18.7 Å². The Labute approximate surface area is 150 Å². The maximum absolute atomic E-state index is 12.6. The molecule has 2 aromatic heterocycles. The molecule has 0 aromatic carbocycles. The molecule has 3 heterocycles. The van der Waals surface area contributed by atoms with Crippen LogP contribution in [0.4, 0.5) is 0 Å². The van der Waals surface area contributed by atoms with Gasteiger partial charge in [-0.1, -0.05) is 0 Å². The molecule has 0 atom stereocenters.